The van der Waals surface area contributed by atoms with E-state index in [2.05, 4.69) is 30.3 Å². The zero-order valence-electron chi connectivity index (χ0n) is 10.7. The molecule has 0 saturated heterocycles. The van der Waals surface area contributed by atoms with Gasteiger partial charge in [0.05, 0.1) is 4.88 Å². The molecule has 3 aromatic rings. The Balaban J connectivity index is 2.04. The van der Waals surface area contributed by atoms with Crippen LogP contribution in [0.3, 0.4) is 0 Å². The predicted molar refractivity (Wildman–Crippen MR) is 81.9 cm³/mol. The van der Waals surface area contributed by atoms with Gasteiger partial charge in [-0.3, -0.25) is 4.79 Å². The minimum absolute atomic E-state index is 0.219. The van der Waals surface area contributed by atoms with Crippen LogP contribution in [-0.4, -0.2) is 5.78 Å². The molecule has 0 aliphatic heterocycles. The summed E-state index contributed by atoms with van der Waals surface area (Å²) in [4.78, 5) is 13.7. The largest absolute Gasteiger partial charge is 0.293 e. The first-order valence-electron chi connectivity index (χ1n) is 6.40. The molecule has 0 bridgehead atoms. The molecule has 0 radical (unpaired) electrons. The van der Waals surface area contributed by atoms with Crippen LogP contribution in [0.4, 0.5) is 0 Å². The fraction of sp³-hybridized carbons (Fsp3) is 0.118. The number of thiophene rings is 1. The zero-order valence-corrected chi connectivity index (χ0v) is 11.5. The van der Waals surface area contributed by atoms with E-state index in [-0.39, 0.29) is 5.78 Å². The summed E-state index contributed by atoms with van der Waals surface area (Å²) in [6, 6.07) is 18.7. The van der Waals surface area contributed by atoms with Crippen LogP contribution in [0, 0.1) is 0 Å². The van der Waals surface area contributed by atoms with Crippen molar-refractivity contribution < 1.29 is 4.79 Å². The number of Topliss-reactive ketones (excluding diaryl/α,β-unsaturated/α-hetero) is 1. The number of carbonyl (C=O) groups excluding carboxylic acids is 1. The highest BCUT2D eigenvalue weighted by atomic mass is 32.1. The van der Waals surface area contributed by atoms with E-state index >= 15 is 0 Å². The highest BCUT2D eigenvalue weighted by Crippen LogP contribution is 2.30. The Morgan fingerprint density at radius 2 is 1.79 bits per heavy atom. The van der Waals surface area contributed by atoms with Crippen molar-refractivity contribution in [3.8, 4) is 10.4 Å². The first-order chi connectivity index (χ1) is 9.28. The fourth-order valence-electron chi connectivity index (χ4n) is 2.16. The minimum atomic E-state index is 0.219. The van der Waals surface area contributed by atoms with Crippen LogP contribution < -0.4 is 0 Å². The molecule has 0 atom stereocenters. The van der Waals surface area contributed by atoms with Gasteiger partial charge in [0.2, 0.25) is 0 Å². The van der Waals surface area contributed by atoms with E-state index in [1.54, 1.807) is 11.3 Å². The number of benzene rings is 2. The third-order valence-corrected chi connectivity index (χ3v) is 4.41. The van der Waals surface area contributed by atoms with E-state index < -0.39 is 0 Å². The van der Waals surface area contributed by atoms with Gasteiger partial charge >= 0.3 is 0 Å². The normalized spacial score (nSPS) is 10.8. The molecule has 1 aromatic heterocycles. The molecule has 0 aliphatic carbocycles. The fourth-order valence-corrected chi connectivity index (χ4v) is 3.17. The zero-order chi connectivity index (χ0) is 13.2. The first kappa shape index (κ1) is 12.1. The van der Waals surface area contributed by atoms with Crippen molar-refractivity contribution >= 4 is 27.9 Å². The average molecular weight is 266 g/mol. The third-order valence-electron chi connectivity index (χ3n) is 3.24. The number of fused-ring (bicyclic) bond motifs is 1. The smallest absolute Gasteiger partial charge is 0.172 e. The maximum absolute atomic E-state index is 11.7. The Labute approximate surface area is 116 Å². The standard InChI is InChI=1S/C17H14OS/c1-2-15(18)17-10-9-16(19-17)14-8-7-12-5-3-4-6-13(12)11-14/h3-11H,2H2,1H3. The molecule has 0 spiro atoms. The number of hydrogen-bond donors (Lipinski definition) is 0. The quantitative estimate of drug-likeness (QED) is 0.598. The maximum atomic E-state index is 11.7. The van der Waals surface area contributed by atoms with Crippen molar-refractivity contribution in [1.29, 1.82) is 0 Å². The van der Waals surface area contributed by atoms with Crippen molar-refractivity contribution in [2.24, 2.45) is 0 Å². The molecular weight excluding hydrogens is 252 g/mol. The second-order valence-corrected chi connectivity index (χ2v) is 5.59. The van der Waals surface area contributed by atoms with Crippen molar-refractivity contribution in [2.75, 3.05) is 0 Å². The van der Waals surface area contributed by atoms with Gasteiger partial charge in [-0.1, -0.05) is 43.3 Å². The van der Waals surface area contributed by atoms with Crippen molar-refractivity contribution in [1.82, 2.24) is 0 Å². The molecular formula is C17H14OS. The van der Waals surface area contributed by atoms with E-state index in [0.717, 1.165) is 9.75 Å². The van der Waals surface area contributed by atoms with Crippen molar-refractivity contribution in [3.63, 3.8) is 0 Å². The Kier molecular flexibility index (Phi) is 3.18. The van der Waals surface area contributed by atoms with Gasteiger partial charge in [-0.25, -0.2) is 0 Å². The summed E-state index contributed by atoms with van der Waals surface area (Å²) < 4.78 is 0. The van der Waals surface area contributed by atoms with Gasteiger partial charge in [0.15, 0.2) is 5.78 Å². The average Bonchev–Trinajstić information content (AvgIpc) is 2.95. The SMILES string of the molecule is CCC(=O)c1ccc(-c2ccc3ccccc3c2)s1. The molecule has 0 N–H and O–H groups in total. The molecule has 3 rings (SSSR count). The Bertz CT molecular complexity index is 740. The van der Waals surface area contributed by atoms with Crippen LogP contribution in [-0.2, 0) is 0 Å². The molecule has 19 heavy (non-hydrogen) atoms. The summed E-state index contributed by atoms with van der Waals surface area (Å²) in [5.74, 6) is 0.219. The summed E-state index contributed by atoms with van der Waals surface area (Å²) in [5.41, 5.74) is 1.18. The lowest BCUT2D eigenvalue weighted by atomic mass is 10.1. The van der Waals surface area contributed by atoms with Crippen molar-refractivity contribution in [3.05, 3.63) is 59.5 Å². The maximum Gasteiger partial charge on any atom is 0.172 e. The van der Waals surface area contributed by atoms with Crippen LogP contribution in [0.2, 0.25) is 0 Å². The minimum Gasteiger partial charge on any atom is -0.293 e. The molecule has 94 valence electrons. The van der Waals surface area contributed by atoms with Gasteiger partial charge in [0.25, 0.3) is 0 Å². The third kappa shape index (κ3) is 2.32. The number of ketones is 1. The van der Waals surface area contributed by atoms with Gasteiger partial charge in [-0.15, -0.1) is 11.3 Å². The summed E-state index contributed by atoms with van der Waals surface area (Å²) in [7, 11) is 0. The highest BCUT2D eigenvalue weighted by molar-refractivity contribution is 7.17. The van der Waals surface area contributed by atoms with E-state index in [4.69, 9.17) is 0 Å². The van der Waals surface area contributed by atoms with Crippen LogP contribution in [0.25, 0.3) is 21.2 Å². The second kappa shape index (κ2) is 4.98. The summed E-state index contributed by atoms with van der Waals surface area (Å²) >= 11 is 1.58. The lowest BCUT2D eigenvalue weighted by Crippen LogP contribution is -1.90. The summed E-state index contributed by atoms with van der Waals surface area (Å²) in [5, 5.41) is 2.48. The molecule has 0 saturated carbocycles. The first-order valence-corrected chi connectivity index (χ1v) is 7.22. The topological polar surface area (TPSA) is 17.1 Å². The monoisotopic (exact) mass is 266 g/mol. The molecule has 0 unspecified atom stereocenters. The lowest BCUT2D eigenvalue weighted by Gasteiger charge is -2.01. The second-order valence-electron chi connectivity index (χ2n) is 4.50. The molecule has 0 aliphatic rings. The predicted octanol–water partition coefficient (Wildman–Crippen LogP) is 5.16. The van der Waals surface area contributed by atoms with Crippen LogP contribution in [0.5, 0.6) is 0 Å². The molecule has 2 aromatic carbocycles. The number of rotatable bonds is 3. The Morgan fingerprint density at radius 1 is 1.00 bits per heavy atom. The number of carbonyl (C=O) groups is 1. The Hall–Kier alpha value is -1.93. The molecule has 0 amide bonds. The highest BCUT2D eigenvalue weighted by Gasteiger charge is 2.08. The summed E-state index contributed by atoms with van der Waals surface area (Å²) in [6.07, 6.45) is 0.567. The van der Waals surface area contributed by atoms with Gasteiger partial charge in [-0.05, 0) is 34.5 Å². The lowest BCUT2D eigenvalue weighted by molar-refractivity contribution is 0.0992. The van der Waals surface area contributed by atoms with Gasteiger partial charge in [0.1, 0.15) is 0 Å². The summed E-state index contributed by atoms with van der Waals surface area (Å²) in [6.45, 7) is 1.90. The Morgan fingerprint density at radius 3 is 2.58 bits per heavy atom. The van der Waals surface area contributed by atoms with E-state index in [1.807, 2.05) is 31.2 Å². The van der Waals surface area contributed by atoms with E-state index in [9.17, 15) is 4.79 Å². The van der Waals surface area contributed by atoms with E-state index in [0.29, 0.717) is 6.42 Å². The molecule has 1 heterocycles. The van der Waals surface area contributed by atoms with E-state index in [1.165, 1.54) is 16.3 Å². The van der Waals surface area contributed by atoms with Crippen LogP contribution in [0.15, 0.2) is 54.6 Å². The van der Waals surface area contributed by atoms with Gasteiger partial charge < -0.3 is 0 Å². The number of hydrogen-bond acceptors (Lipinski definition) is 2. The van der Waals surface area contributed by atoms with Gasteiger partial charge in [-0.2, -0.15) is 0 Å². The van der Waals surface area contributed by atoms with Crippen molar-refractivity contribution in [2.45, 2.75) is 13.3 Å². The van der Waals surface area contributed by atoms with Gasteiger partial charge in [0, 0.05) is 11.3 Å². The molecule has 2 heteroatoms. The van der Waals surface area contributed by atoms with Crippen LogP contribution >= 0.6 is 11.3 Å². The molecule has 1 nitrogen and oxygen atoms in total. The molecule has 0 fully saturated rings. The van der Waals surface area contributed by atoms with Crippen LogP contribution in [0.1, 0.15) is 23.0 Å².